The molecule has 0 radical (unpaired) electrons. The minimum Gasteiger partial charge on any atom is -0.454 e. The second-order valence-corrected chi connectivity index (χ2v) is 7.06. The van der Waals surface area contributed by atoms with Crippen LogP contribution in [0.2, 0.25) is 10.0 Å². The van der Waals surface area contributed by atoms with Crippen molar-refractivity contribution in [3.63, 3.8) is 0 Å². The van der Waals surface area contributed by atoms with Gasteiger partial charge in [-0.25, -0.2) is 4.79 Å². The smallest absolute Gasteiger partial charge is 0.349 e. The average molecular weight is 460 g/mol. The maximum absolute atomic E-state index is 12.1. The van der Waals surface area contributed by atoms with Crippen LogP contribution in [-0.2, 0) is 11.2 Å². The van der Waals surface area contributed by atoms with Crippen molar-refractivity contribution in [3.8, 4) is 23.3 Å². The van der Waals surface area contributed by atoms with Gasteiger partial charge < -0.3 is 14.8 Å². The number of nitrogens with one attached hydrogen (secondary N) is 2. The first-order valence-electron chi connectivity index (χ1n) is 8.93. The number of aromatic amines is 1. The van der Waals surface area contributed by atoms with Crippen LogP contribution in [0.15, 0.2) is 39.9 Å². The number of aromatic nitrogens is 3. The van der Waals surface area contributed by atoms with Gasteiger partial charge in [-0.3, -0.25) is 9.78 Å². The average Bonchev–Trinajstić information content (AvgIpc) is 2.75. The number of aryl methyl sites for hydroxylation is 1. The summed E-state index contributed by atoms with van der Waals surface area (Å²) in [5.74, 6) is 0.592. The SMILES string of the molecule is CNc1cc(Oc2c(Cl)cc(-n3nc(C#N)c(=O)[nH]c3=O)cc2Cl)ccc1CCC=O. The van der Waals surface area contributed by atoms with E-state index in [0.29, 0.717) is 18.6 Å². The Balaban J connectivity index is 1.97. The Kier molecular flexibility index (Phi) is 6.74. The molecule has 2 aromatic carbocycles. The number of hydrogen-bond donors (Lipinski definition) is 2. The molecule has 0 aliphatic rings. The molecule has 0 spiro atoms. The van der Waals surface area contributed by atoms with Crippen molar-refractivity contribution in [3.05, 3.63) is 72.5 Å². The lowest BCUT2D eigenvalue weighted by Gasteiger charge is -2.14. The fourth-order valence-electron chi connectivity index (χ4n) is 2.82. The van der Waals surface area contributed by atoms with Crippen molar-refractivity contribution >= 4 is 35.2 Å². The molecule has 0 unspecified atom stereocenters. The van der Waals surface area contributed by atoms with Crippen LogP contribution in [0.25, 0.3) is 5.69 Å². The molecule has 31 heavy (non-hydrogen) atoms. The number of H-pyrrole nitrogens is 1. The van der Waals surface area contributed by atoms with Crippen molar-refractivity contribution in [1.29, 1.82) is 5.26 Å². The summed E-state index contributed by atoms with van der Waals surface area (Å²) in [6.07, 6.45) is 1.84. The van der Waals surface area contributed by atoms with E-state index in [0.717, 1.165) is 22.2 Å². The Hall–Kier alpha value is -3.61. The molecular weight excluding hydrogens is 445 g/mol. The van der Waals surface area contributed by atoms with E-state index in [2.05, 4.69) is 10.4 Å². The van der Waals surface area contributed by atoms with Gasteiger partial charge >= 0.3 is 5.69 Å². The van der Waals surface area contributed by atoms with E-state index in [1.807, 2.05) is 11.1 Å². The zero-order valence-corrected chi connectivity index (χ0v) is 17.6. The largest absolute Gasteiger partial charge is 0.454 e. The molecule has 3 aromatic rings. The summed E-state index contributed by atoms with van der Waals surface area (Å²) in [5.41, 5.74) is -0.351. The highest BCUT2D eigenvalue weighted by Crippen LogP contribution is 2.39. The highest BCUT2D eigenvalue weighted by molar-refractivity contribution is 6.37. The number of hydrogen-bond acceptors (Lipinski definition) is 7. The van der Waals surface area contributed by atoms with Crippen molar-refractivity contribution in [1.82, 2.24) is 14.8 Å². The molecule has 0 saturated carbocycles. The van der Waals surface area contributed by atoms with Crippen LogP contribution < -0.4 is 21.3 Å². The van der Waals surface area contributed by atoms with Crippen LogP contribution in [0, 0.1) is 11.3 Å². The van der Waals surface area contributed by atoms with Crippen LogP contribution in [0.1, 0.15) is 17.7 Å². The van der Waals surface area contributed by atoms with Crippen LogP contribution >= 0.6 is 23.2 Å². The lowest BCUT2D eigenvalue weighted by molar-refractivity contribution is -0.107. The first-order valence-corrected chi connectivity index (χ1v) is 9.69. The molecule has 0 amide bonds. The van der Waals surface area contributed by atoms with Gasteiger partial charge in [0.05, 0.1) is 15.7 Å². The first kappa shape index (κ1) is 22.1. The van der Waals surface area contributed by atoms with E-state index in [4.69, 9.17) is 33.2 Å². The van der Waals surface area contributed by atoms with Crippen molar-refractivity contribution in [2.24, 2.45) is 0 Å². The number of ether oxygens (including phenoxy) is 1. The van der Waals surface area contributed by atoms with Gasteiger partial charge in [-0.2, -0.15) is 9.94 Å². The molecule has 0 saturated heterocycles. The summed E-state index contributed by atoms with van der Waals surface area (Å²) >= 11 is 12.6. The van der Waals surface area contributed by atoms with Gasteiger partial charge in [0, 0.05) is 25.2 Å². The highest BCUT2D eigenvalue weighted by atomic mass is 35.5. The summed E-state index contributed by atoms with van der Waals surface area (Å²) < 4.78 is 6.64. The number of nitrogens with zero attached hydrogens (tertiary/aromatic N) is 3. The summed E-state index contributed by atoms with van der Waals surface area (Å²) in [6.45, 7) is 0. The number of nitriles is 1. The van der Waals surface area contributed by atoms with E-state index in [1.165, 1.54) is 12.1 Å². The van der Waals surface area contributed by atoms with Gasteiger partial charge in [0.1, 0.15) is 18.1 Å². The number of carbonyl (C=O) groups is 1. The molecule has 1 aromatic heterocycles. The van der Waals surface area contributed by atoms with E-state index < -0.39 is 16.9 Å². The molecule has 2 N–H and O–H groups in total. The molecule has 0 fully saturated rings. The molecule has 0 atom stereocenters. The highest BCUT2D eigenvalue weighted by Gasteiger charge is 2.15. The Labute approximate surface area is 185 Å². The molecule has 0 bridgehead atoms. The third-order valence-corrected chi connectivity index (χ3v) is 4.83. The normalized spacial score (nSPS) is 10.4. The Morgan fingerprint density at radius 3 is 2.58 bits per heavy atom. The monoisotopic (exact) mass is 459 g/mol. The van der Waals surface area contributed by atoms with E-state index in [1.54, 1.807) is 25.2 Å². The fraction of sp³-hybridized carbons (Fsp3) is 0.150. The minimum atomic E-state index is -0.891. The molecule has 0 aliphatic carbocycles. The van der Waals surface area contributed by atoms with E-state index >= 15 is 0 Å². The third kappa shape index (κ3) is 4.77. The Morgan fingerprint density at radius 2 is 1.97 bits per heavy atom. The van der Waals surface area contributed by atoms with Crippen LogP contribution in [0.5, 0.6) is 11.5 Å². The molecule has 158 valence electrons. The van der Waals surface area contributed by atoms with Gasteiger partial charge in [-0.1, -0.05) is 29.3 Å². The topological polar surface area (TPSA) is 130 Å². The molecular formula is C20H15Cl2N5O4. The van der Waals surface area contributed by atoms with E-state index in [9.17, 15) is 14.4 Å². The summed E-state index contributed by atoms with van der Waals surface area (Å²) in [4.78, 5) is 36.2. The van der Waals surface area contributed by atoms with Crippen LogP contribution in [0.4, 0.5) is 5.69 Å². The molecule has 0 aliphatic heterocycles. The number of benzene rings is 2. The van der Waals surface area contributed by atoms with Crippen LogP contribution in [-0.4, -0.2) is 28.1 Å². The first-order chi connectivity index (χ1) is 14.9. The lowest BCUT2D eigenvalue weighted by atomic mass is 10.1. The third-order valence-electron chi connectivity index (χ3n) is 4.26. The van der Waals surface area contributed by atoms with Gasteiger partial charge in [0.25, 0.3) is 5.56 Å². The minimum absolute atomic E-state index is 0.0805. The van der Waals surface area contributed by atoms with Crippen LogP contribution in [0.3, 0.4) is 0 Å². The Bertz CT molecular complexity index is 1290. The number of anilines is 1. The van der Waals surface area contributed by atoms with E-state index in [-0.39, 0.29) is 21.5 Å². The number of aldehydes is 1. The van der Waals surface area contributed by atoms with Gasteiger partial charge in [-0.15, -0.1) is 5.10 Å². The second-order valence-electron chi connectivity index (χ2n) is 6.25. The summed E-state index contributed by atoms with van der Waals surface area (Å²) in [6, 6.07) is 9.63. The molecule has 3 rings (SSSR count). The van der Waals surface area contributed by atoms with Crippen molar-refractivity contribution < 1.29 is 9.53 Å². The zero-order valence-electron chi connectivity index (χ0n) is 16.1. The molecule has 9 nitrogen and oxygen atoms in total. The quantitative estimate of drug-likeness (QED) is 0.519. The number of halogens is 2. The van der Waals surface area contributed by atoms with Gasteiger partial charge in [0.15, 0.2) is 5.75 Å². The van der Waals surface area contributed by atoms with Crippen molar-refractivity contribution in [2.45, 2.75) is 12.8 Å². The van der Waals surface area contributed by atoms with Gasteiger partial charge in [0.2, 0.25) is 5.69 Å². The maximum atomic E-state index is 12.1. The van der Waals surface area contributed by atoms with Crippen molar-refractivity contribution in [2.75, 3.05) is 12.4 Å². The summed E-state index contributed by atoms with van der Waals surface area (Å²) in [5, 5.41) is 15.9. The molecule has 1 heterocycles. The Morgan fingerprint density at radius 1 is 1.26 bits per heavy atom. The fourth-order valence-corrected chi connectivity index (χ4v) is 3.37. The number of carbonyl (C=O) groups excluding carboxylic acids is 1. The zero-order chi connectivity index (χ0) is 22.5. The number of rotatable bonds is 7. The predicted molar refractivity (Wildman–Crippen MR) is 116 cm³/mol. The lowest BCUT2D eigenvalue weighted by Crippen LogP contribution is -2.33. The predicted octanol–water partition coefficient (Wildman–Crippen LogP) is 3.06. The maximum Gasteiger partial charge on any atom is 0.349 e. The summed E-state index contributed by atoms with van der Waals surface area (Å²) in [7, 11) is 1.75. The van der Waals surface area contributed by atoms with Gasteiger partial charge in [-0.05, 0) is 30.2 Å². The second kappa shape index (κ2) is 9.47. The molecule has 11 heteroatoms. The standard InChI is InChI=1S/C20H15Cl2N5O4/c1-24-16-9-13(5-4-11(16)3-2-6-28)31-18-14(21)7-12(8-15(18)22)27-20(30)25-19(29)17(10-23)26-27/h4-9,24H,2-3H2,1H3,(H,25,29,30).